The summed E-state index contributed by atoms with van der Waals surface area (Å²) in [5.74, 6) is 1.11. The fourth-order valence-corrected chi connectivity index (χ4v) is 1.78. The van der Waals surface area contributed by atoms with E-state index >= 15 is 0 Å². The van der Waals surface area contributed by atoms with E-state index in [-0.39, 0.29) is 15.8 Å². The summed E-state index contributed by atoms with van der Waals surface area (Å²) in [6.45, 7) is 0. The average Bonchev–Trinajstić information content (AvgIpc) is 2.27. The predicted octanol–water partition coefficient (Wildman–Crippen LogP) is 2.16. The van der Waals surface area contributed by atoms with Gasteiger partial charge in [0.1, 0.15) is 5.75 Å². The third-order valence-electron chi connectivity index (χ3n) is 2.01. The quantitative estimate of drug-likeness (QED) is 0.798. The highest BCUT2D eigenvalue weighted by molar-refractivity contribution is 9.24. The van der Waals surface area contributed by atoms with E-state index in [2.05, 4.69) is 46.8 Å². The van der Waals surface area contributed by atoms with E-state index in [1.807, 2.05) is 18.2 Å². The molecular formula is C10H9Br2N5O. The number of nitrogens with two attached hydrogens (primary N) is 2. The Balaban J connectivity index is 2.49. The molecule has 0 aliphatic heterocycles. The molecule has 1 aromatic heterocycles. The Morgan fingerprint density at radius 3 is 2.22 bits per heavy atom. The second-order valence-electron chi connectivity index (χ2n) is 3.25. The fraction of sp³-hybridized carbons (Fsp3) is 0.100. The highest BCUT2D eigenvalue weighted by Gasteiger charge is 2.12. The highest BCUT2D eigenvalue weighted by Crippen LogP contribution is 2.30. The smallest absolute Gasteiger partial charge is 0.225 e. The molecule has 0 bridgehead atoms. The van der Waals surface area contributed by atoms with Crippen LogP contribution in [0.4, 0.5) is 11.9 Å². The van der Waals surface area contributed by atoms with Crippen LogP contribution in [0.1, 0.15) is 0 Å². The molecule has 1 heterocycles. The number of rotatable bonds is 3. The van der Waals surface area contributed by atoms with Crippen molar-refractivity contribution in [2.45, 2.75) is 3.92 Å². The van der Waals surface area contributed by atoms with Crippen molar-refractivity contribution in [1.29, 1.82) is 0 Å². The lowest BCUT2D eigenvalue weighted by atomic mass is 10.2. The lowest BCUT2D eigenvalue weighted by molar-refractivity contribution is 0.377. The van der Waals surface area contributed by atoms with Crippen LogP contribution in [-0.4, -0.2) is 18.9 Å². The van der Waals surface area contributed by atoms with Crippen molar-refractivity contribution >= 4 is 43.8 Å². The molecule has 0 atom stereocenters. The number of aromatic nitrogens is 3. The van der Waals surface area contributed by atoms with Crippen molar-refractivity contribution in [3.63, 3.8) is 0 Å². The molecule has 0 saturated carbocycles. The maximum atomic E-state index is 5.55. The zero-order valence-corrected chi connectivity index (χ0v) is 12.2. The summed E-state index contributed by atoms with van der Waals surface area (Å²) in [5.41, 5.74) is 11.8. The lowest BCUT2D eigenvalue weighted by Crippen LogP contribution is -2.06. The van der Waals surface area contributed by atoms with Gasteiger partial charge in [0.25, 0.3) is 0 Å². The minimum atomic E-state index is -0.317. The van der Waals surface area contributed by atoms with Crippen LogP contribution in [0.25, 0.3) is 11.4 Å². The van der Waals surface area contributed by atoms with Crippen LogP contribution in [0.5, 0.6) is 5.75 Å². The largest absolute Gasteiger partial charge is 0.468 e. The Kier molecular flexibility index (Phi) is 3.97. The van der Waals surface area contributed by atoms with Crippen LogP contribution >= 0.6 is 31.9 Å². The summed E-state index contributed by atoms with van der Waals surface area (Å²) in [6.07, 6.45) is 0. The topological polar surface area (TPSA) is 99.9 Å². The zero-order valence-electron chi connectivity index (χ0n) is 9.05. The van der Waals surface area contributed by atoms with Gasteiger partial charge < -0.3 is 16.2 Å². The van der Waals surface area contributed by atoms with Crippen molar-refractivity contribution in [3.05, 3.63) is 24.3 Å². The van der Waals surface area contributed by atoms with Gasteiger partial charge in [-0.05, 0) is 44.0 Å². The number of nitrogen functional groups attached to an aromatic ring is 2. The number of alkyl halides is 2. The van der Waals surface area contributed by atoms with Gasteiger partial charge in [0.2, 0.25) is 15.8 Å². The van der Waals surface area contributed by atoms with Crippen molar-refractivity contribution < 1.29 is 4.74 Å². The number of nitrogens with zero attached hydrogens (tertiary/aromatic N) is 3. The van der Waals surface area contributed by atoms with Crippen molar-refractivity contribution in [1.82, 2.24) is 15.0 Å². The SMILES string of the molecule is Nc1nc(N)nc(-c2ccccc2OC(Br)Br)n1. The standard InChI is InChI=1S/C10H9Br2N5O/c11-8(12)18-6-4-2-1-3-5(6)7-15-9(13)17-10(14)16-7/h1-4,8H,(H4,13,14,15,16,17). The Morgan fingerprint density at radius 1 is 1.00 bits per heavy atom. The molecule has 0 aliphatic carbocycles. The van der Waals surface area contributed by atoms with Crippen LogP contribution < -0.4 is 16.2 Å². The van der Waals surface area contributed by atoms with E-state index < -0.39 is 0 Å². The maximum Gasteiger partial charge on any atom is 0.225 e. The van der Waals surface area contributed by atoms with Crippen molar-refractivity contribution in [3.8, 4) is 17.1 Å². The molecule has 0 radical (unpaired) electrons. The van der Waals surface area contributed by atoms with Crippen LogP contribution in [0, 0.1) is 0 Å². The molecule has 0 unspecified atom stereocenters. The molecule has 2 rings (SSSR count). The molecule has 0 spiro atoms. The van der Waals surface area contributed by atoms with Gasteiger partial charge in [-0.25, -0.2) is 0 Å². The molecule has 0 saturated heterocycles. The van der Waals surface area contributed by atoms with Gasteiger partial charge in [0.05, 0.1) is 5.56 Å². The molecule has 94 valence electrons. The summed E-state index contributed by atoms with van der Waals surface area (Å²) in [6, 6.07) is 7.29. The Labute approximate surface area is 120 Å². The van der Waals surface area contributed by atoms with Gasteiger partial charge in [-0.15, -0.1) is 0 Å². The minimum Gasteiger partial charge on any atom is -0.468 e. The van der Waals surface area contributed by atoms with Crippen molar-refractivity contribution in [2.75, 3.05) is 11.5 Å². The Morgan fingerprint density at radius 2 is 1.61 bits per heavy atom. The first-order valence-corrected chi connectivity index (χ1v) is 6.70. The van der Waals surface area contributed by atoms with Crippen LogP contribution in [-0.2, 0) is 0 Å². The van der Waals surface area contributed by atoms with Crippen LogP contribution in [0.3, 0.4) is 0 Å². The number of hydrogen-bond acceptors (Lipinski definition) is 6. The molecule has 6 nitrogen and oxygen atoms in total. The van der Waals surface area contributed by atoms with E-state index in [1.165, 1.54) is 0 Å². The predicted molar refractivity (Wildman–Crippen MR) is 76.4 cm³/mol. The second kappa shape index (κ2) is 5.49. The maximum absolute atomic E-state index is 5.55. The Bertz CT molecular complexity index is 543. The van der Waals surface area contributed by atoms with E-state index in [4.69, 9.17) is 16.2 Å². The van der Waals surface area contributed by atoms with Crippen molar-refractivity contribution in [2.24, 2.45) is 0 Å². The van der Waals surface area contributed by atoms with Gasteiger partial charge in [0, 0.05) is 0 Å². The summed E-state index contributed by atoms with van der Waals surface area (Å²) >= 11 is 6.48. The number of halogens is 2. The number of para-hydroxylation sites is 1. The molecule has 18 heavy (non-hydrogen) atoms. The number of benzene rings is 1. The lowest BCUT2D eigenvalue weighted by Gasteiger charge is -2.11. The highest BCUT2D eigenvalue weighted by atomic mass is 79.9. The summed E-state index contributed by atoms with van der Waals surface area (Å²) in [4.78, 5) is 11.8. The van der Waals surface area contributed by atoms with E-state index in [9.17, 15) is 0 Å². The normalized spacial score (nSPS) is 10.6. The van der Waals surface area contributed by atoms with Gasteiger partial charge in [-0.1, -0.05) is 12.1 Å². The first kappa shape index (κ1) is 13.0. The molecule has 0 fully saturated rings. The van der Waals surface area contributed by atoms with Gasteiger partial charge >= 0.3 is 0 Å². The van der Waals surface area contributed by atoms with Gasteiger partial charge in [0.15, 0.2) is 5.82 Å². The zero-order chi connectivity index (χ0) is 13.1. The van der Waals surface area contributed by atoms with Crippen LogP contribution in [0.2, 0.25) is 0 Å². The third kappa shape index (κ3) is 3.08. The fourth-order valence-electron chi connectivity index (χ4n) is 1.38. The Hall–Kier alpha value is -1.41. The van der Waals surface area contributed by atoms with E-state index in [0.29, 0.717) is 17.1 Å². The minimum absolute atomic E-state index is 0.0709. The van der Waals surface area contributed by atoms with E-state index in [1.54, 1.807) is 6.07 Å². The number of ether oxygens (including phenoxy) is 1. The summed E-state index contributed by atoms with van der Waals surface area (Å²) in [7, 11) is 0. The summed E-state index contributed by atoms with van der Waals surface area (Å²) in [5, 5.41) is 0. The number of hydrogen-bond donors (Lipinski definition) is 2. The van der Waals surface area contributed by atoms with Crippen LogP contribution in [0.15, 0.2) is 24.3 Å². The molecule has 1 aromatic carbocycles. The molecular weight excluding hydrogens is 366 g/mol. The molecule has 8 heteroatoms. The van der Waals surface area contributed by atoms with Gasteiger partial charge in [-0.2, -0.15) is 15.0 Å². The first-order valence-electron chi connectivity index (χ1n) is 4.87. The molecule has 0 aliphatic rings. The third-order valence-corrected chi connectivity index (χ3v) is 2.39. The van der Waals surface area contributed by atoms with Gasteiger partial charge in [-0.3, -0.25) is 0 Å². The summed E-state index contributed by atoms with van der Waals surface area (Å²) < 4.78 is 5.21. The van der Waals surface area contributed by atoms with E-state index in [0.717, 1.165) is 0 Å². The monoisotopic (exact) mass is 373 g/mol. The molecule has 0 amide bonds. The second-order valence-corrected chi connectivity index (χ2v) is 6.14. The first-order chi connectivity index (χ1) is 8.56. The molecule has 2 aromatic rings. The number of anilines is 2. The average molecular weight is 375 g/mol. The molecule has 4 N–H and O–H groups in total.